The van der Waals surface area contributed by atoms with Crippen LogP contribution < -0.4 is 5.32 Å². The number of carbonyl (C=O) groups excluding carboxylic acids is 1. The van der Waals surface area contributed by atoms with Crippen LogP contribution in [-0.4, -0.2) is 62.9 Å². The smallest absolute Gasteiger partial charge is 0.224 e. The Labute approximate surface area is 178 Å². The maximum Gasteiger partial charge on any atom is 0.224 e. The highest BCUT2D eigenvalue weighted by Crippen LogP contribution is 2.37. The minimum absolute atomic E-state index is 0.175. The lowest BCUT2D eigenvalue weighted by Crippen LogP contribution is -2.58. The van der Waals surface area contributed by atoms with Gasteiger partial charge in [-0.1, -0.05) is 35.5 Å². The summed E-state index contributed by atoms with van der Waals surface area (Å²) in [5.74, 6) is 0.974. The summed E-state index contributed by atoms with van der Waals surface area (Å²) in [6.45, 7) is 4.55. The highest BCUT2D eigenvalue weighted by atomic mass is 16.2. The molecule has 1 aromatic carbocycles. The molecule has 6 rings (SSSR count). The van der Waals surface area contributed by atoms with E-state index in [0.717, 1.165) is 64.1 Å². The zero-order chi connectivity index (χ0) is 20.5. The van der Waals surface area contributed by atoms with Gasteiger partial charge in [0.05, 0.1) is 18.2 Å². The molecule has 1 unspecified atom stereocenters. The Morgan fingerprint density at radius 2 is 2.03 bits per heavy atom. The van der Waals surface area contributed by atoms with Crippen molar-refractivity contribution >= 4 is 5.91 Å². The van der Waals surface area contributed by atoms with Gasteiger partial charge in [0.15, 0.2) is 0 Å². The van der Waals surface area contributed by atoms with Crippen LogP contribution in [0, 0.1) is 11.8 Å². The molecule has 4 heterocycles. The number of amides is 1. The Balaban J connectivity index is 1.14. The van der Waals surface area contributed by atoms with Gasteiger partial charge in [0.25, 0.3) is 0 Å². The van der Waals surface area contributed by atoms with Gasteiger partial charge in [-0.3, -0.25) is 19.3 Å². The summed E-state index contributed by atoms with van der Waals surface area (Å²) < 4.78 is 2.00. The van der Waals surface area contributed by atoms with Crippen LogP contribution in [0.3, 0.4) is 0 Å². The van der Waals surface area contributed by atoms with Crippen LogP contribution in [0.2, 0.25) is 0 Å². The summed E-state index contributed by atoms with van der Waals surface area (Å²) in [6.07, 6.45) is 6.63. The van der Waals surface area contributed by atoms with Gasteiger partial charge in [-0.15, -0.1) is 5.10 Å². The zero-order valence-electron chi connectivity index (χ0n) is 17.8. The molecule has 1 aromatic heterocycles. The molecule has 4 aliphatic rings. The first-order chi connectivity index (χ1) is 14.6. The maximum atomic E-state index is 12.6. The number of aromatic nitrogens is 3. The van der Waals surface area contributed by atoms with E-state index in [1.807, 2.05) is 10.7 Å². The number of nitrogens with zero attached hydrogens (tertiary/aromatic N) is 5. The summed E-state index contributed by atoms with van der Waals surface area (Å²) in [4.78, 5) is 17.3. The third-order valence-corrected chi connectivity index (χ3v) is 6.85. The number of carbonyl (C=O) groups is 1. The van der Waals surface area contributed by atoms with E-state index >= 15 is 0 Å². The van der Waals surface area contributed by atoms with Gasteiger partial charge in [0.1, 0.15) is 0 Å². The molecule has 4 fully saturated rings. The standard InChI is InChI=1S/C23H32N6O/c1-27(12-17-5-3-2-4-6-17)13-20-14-29(26-25-20)15-21-11-18-9-10-28(21)16-22(18)23(30)24-19-7-8-19/h2-6,14,18-19,21-22H,7-13,15-16H2,1H3,(H,24,30)/t18-,21+,22-/m0/s1. The summed E-state index contributed by atoms with van der Waals surface area (Å²) >= 11 is 0. The minimum atomic E-state index is 0.175. The van der Waals surface area contributed by atoms with E-state index < -0.39 is 0 Å². The average Bonchev–Trinajstić information content (AvgIpc) is 3.46. The summed E-state index contributed by atoms with van der Waals surface area (Å²) in [6, 6.07) is 11.4. The van der Waals surface area contributed by atoms with Crippen LogP contribution in [0.4, 0.5) is 0 Å². The average molecular weight is 409 g/mol. The Hall–Kier alpha value is -2.25. The SMILES string of the molecule is CN(Cc1ccccc1)Cc1cn(C[C@H]2C[C@@H]3CCN2C[C@@H]3C(=O)NC2CC2)nn1. The highest BCUT2D eigenvalue weighted by molar-refractivity contribution is 5.80. The minimum Gasteiger partial charge on any atom is -0.353 e. The predicted octanol–water partition coefficient (Wildman–Crippen LogP) is 1.90. The largest absolute Gasteiger partial charge is 0.353 e. The van der Waals surface area contributed by atoms with Crippen molar-refractivity contribution in [3.05, 3.63) is 47.8 Å². The molecule has 4 atom stereocenters. The molecular weight excluding hydrogens is 376 g/mol. The second kappa shape index (κ2) is 8.47. The van der Waals surface area contributed by atoms with E-state index in [1.54, 1.807) is 0 Å². The molecule has 2 aromatic rings. The highest BCUT2D eigenvalue weighted by Gasteiger charge is 2.44. The number of rotatable bonds is 8. The fraction of sp³-hybridized carbons (Fsp3) is 0.609. The summed E-state index contributed by atoms with van der Waals surface area (Å²) in [5.41, 5.74) is 2.31. The summed E-state index contributed by atoms with van der Waals surface area (Å²) in [5, 5.41) is 12.0. The van der Waals surface area contributed by atoms with Crippen molar-refractivity contribution in [1.29, 1.82) is 0 Å². The van der Waals surface area contributed by atoms with Crippen molar-refractivity contribution in [2.24, 2.45) is 11.8 Å². The van der Waals surface area contributed by atoms with Gasteiger partial charge in [-0.05, 0) is 50.8 Å². The fourth-order valence-corrected chi connectivity index (χ4v) is 5.10. The number of hydrogen-bond donors (Lipinski definition) is 1. The molecule has 3 saturated heterocycles. The van der Waals surface area contributed by atoms with E-state index in [0.29, 0.717) is 18.0 Å². The molecule has 2 bridgehead atoms. The van der Waals surface area contributed by atoms with Crippen molar-refractivity contribution in [1.82, 2.24) is 30.1 Å². The van der Waals surface area contributed by atoms with Gasteiger partial charge >= 0.3 is 0 Å². The first kappa shape index (κ1) is 19.7. The molecule has 1 amide bonds. The fourth-order valence-electron chi connectivity index (χ4n) is 5.10. The van der Waals surface area contributed by atoms with E-state index in [2.05, 4.69) is 62.9 Å². The maximum absolute atomic E-state index is 12.6. The van der Waals surface area contributed by atoms with Crippen molar-refractivity contribution in [3.8, 4) is 0 Å². The first-order valence-corrected chi connectivity index (χ1v) is 11.3. The van der Waals surface area contributed by atoms with Gasteiger partial charge in [0, 0.05) is 37.9 Å². The van der Waals surface area contributed by atoms with Crippen LogP contribution >= 0.6 is 0 Å². The Kier molecular flexibility index (Phi) is 5.56. The van der Waals surface area contributed by atoms with Gasteiger partial charge < -0.3 is 5.32 Å². The third kappa shape index (κ3) is 4.57. The van der Waals surface area contributed by atoms with Crippen LogP contribution in [0.5, 0.6) is 0 Å². The molecule has 1 saturated carbocycles. The van der Waals surface area contributed by atoms with Crippen molar-refractivity contribution in [3.63, 3.8) is 0 Å². The molecule has 0 radical (unpaired) electrons. The van der Waals surface area contributed by atoms with E-state index in [1.165, 1.54) is 5.56 Å². The number of benzene rings is 1. The Morgan fingerprint density at radius 1 is 1.20 bits per heavy atom. The van der Waals surface area contributed by atoms with Crippen molar-refractivity contribution in [2.75, 3.05) is 20.1 Å². The third-order valence-electron chi connectivity index (χ3n) is 6.85. The summed E-state index contributed by atoms with van der Waals surface area (Å²) in [7, 11) is 2.12. The van der Waals surface area contributed by atoms with Crippen LogP contribution in [0.25, 0.3) is 0 Å². The van der Waals surface area contributed by atoms with Crippen LogP contribution in [0.1, 0.15) is 36.9 Å². The molecule has 1 N–H and O–H groups in total. The van der Waals surface area contributed by atoms with E-state index in [4.69, 9.17) is 0 Å². The van der Waals surface area contributed by atoms with Crippen molar-refractivity contribution in [2.45, 2.75) is 57.4 Å². The lowest BCUT2D eigenvalue weighted by molar-refractivity contribution is -0.133. The Bertz CT molecular complexity index is 864. The lowest BCUT2D eigenvalue weighted by atomic mass is 9.75. The van der Waals surface area contributed by atoms with E-state index in [9.17, 15) is 4.79 Å². The van der Waals surface area contributed by atoms with Gasteiger partial charge in [-0.25, -0.2) is 0 Å². The lowest BCUT2D eigenvalue weighted by Gasteiger charge is -2.49. The molecule has 1 aliphatic carbocycles. The Morgan fingerprint density at radius 3 is 2.77 bits per heavy atom. The quantitative estimate of drug-likeness (QED) is 0.723. The second-order valence-corrected chi connectivity index (χ2v) is 9.41. The monoisotopic (exact) mass is 408 g/mol. The molecule has 30 heavy (non-hydrogen) atoms. The van der Waals surface area contributed by atoms with Crippen LogP contribution in [-0.2, 0) is 24.4 Å². The number of piperidine rings is 3. The number of nitrogens with one attached hydrogen (secondary N) is 1. The molecule has 7 nitrogen and oxygen atoms in total. The molecule has 0 spiro atoms. The molecule has 3 aliphatic heterocycles. The second-order valence-electron chi connectivity index (χ2n) is 9.41. The first-order valence-electron chi connectivity index (χ1n) is 11.3. The number of fused-ring (bicyclic) bond motifs is 3. The van der Waals surface area contributed by atoms with Gasteiger partial charge in [0.2, 0.25) is 5.91 Å². The molecule has 7 heteroatoms. The van der Waals surface area contributed by atoms with E-state index in [-0.39, 0.29) is 11.8 Å². The zero-order valence-corrected chi connectivity index (χ0v) is 17.8. The predicted molar refractivity (Wildman–Crippen MR) is 114 cm³/mol. The van der Waals surface area contributed by atoms with Crippen LogP contribution in [0.15, 0.2) is 36.5 Å². The normalized spacial score (nSPS) is 28.1. The molecular formula is C23H32N6O. The molecule has 160 valence electrons. The van der Waals surface area contributed by atoms with Gasteiger partial charge in [-0.2, -0.15) is 0 Å². The number of hydrogen-bond acceptors (Lipinski definition) is 5. The topological polar surface area (TPSA) is 66.3 Å². The van der Waals surface area contributed by atoms with Crippen molar-refractivity contribution < 1.29 is 4.79 Å².